The van der Waals surface area contributed by atoms with Gasteiger partial charge in [0.15, 0.2) is 5.76 Å². The van der Waals surface area contributed by atoms with Crippen molar-refractivity contribution in [2.45, 2.75) is 57.3 Å². The Hall–Kier alpha value is -2.24. The number of aromatic nitrogens is 3. The lowest BCUT2D eigenvalue weighted by Crippen LogP contribution is -2.39. The SMILES string of the molecule is Cc1cc(-c2cnc(C3CC3)nc2C2CCN(C(=O)C3CC3)CC2)on1. The molecule has 0 unspecified atom stereocenters. The van der Waals surface area contributed by atoms with Gasteiger partial charge in [-0.3, -0.25) is 4.79 Å². The van der Waals surface area contributed by atoms with Crippen LogP contribution in [0.3, 0.4) is 0 Å². The molecule has 0 radical (unpaired) electrons. The van der Waals surface area contributed by atoms with Gasteiger partial charge in [0.25, 0.3) is 0 Å². The molecule has 3 fully saturated rings. The Labute approximate surface area is 153 Å². The van der Waals surface area contributed by atoms with Crippen LogP contribution in [0.1, 0.15) is 67.6 Å². The number of piperidine rings is 1. The number of aryl methyl sites for hydroxylation is 1. The van der Waals surface area contributed by atoms with Crippen molar-refractivity contribution in [2.75, 3.05) is 13.1 Å². The highest BCUT2D eigenvalue weighted by atomic mass is 16.5. The predicted molar refractivity (Wildman–Crippen MR) is 95.5 cm³/mol. The molecule has 2 saturated carbocycles. The summed E-state index contributed by atoms with van der Waals surface area (Å²) in [5.74, 6) is 3.25. The molecule has 136 valence electrons. The molecule has 0 aromatic carbocycles. The fraction of sp³-hybridized carbons (Fsp3) is 0.600. The molecule has 0 bridgehead atoms. The highest BCUT2D eigenvalue weighted by Gasteiger charge is 2.36. The lowest BCUT2D eigenvalue weighted by molar-refractivity contribution is -0.133. The van der Waals surface area contributed by atoms with Crippen molar-refractivity contribution < 1.29 is 9.32 Å². The Morgan fingerprint density at radius 1 is 1.12 bits per heavy atom. The third-order valence-corrected chi connectivity index (χ3v) is 5.79. The highest BCUT2D eigenvalue weighted by Crippen LogP contribution is 2.41. The maximum Gasteiger partial charge on any atom is 0.225 e. The number of carbonyl (C=O) groups excluding carboxylic acids is 1. The topological polar surface area (TPSA) is 72.1 Å². The quantitative estimate of drug-likeness (QED) is 0.843. The van der Waals surface area contributed by atoms with E-state index in [9.17, 15) is 4.79 Å². The summed E-state index contributed by atoms with van der Waals surface area (Å²) in [5, 5.41) is 4.03. The van der Waals surface area contributed by atoms with Crippen LogP contribution in [0, 0.1) is 12.8 Å². The van der Waals surface area contributed by atoms with E-state index >= 15 is 0 Å². The smallest absolute Gasteiger partial charge is 0.225 e. The van der Waals surface area contributed by atoms with Crippen LogP contribution >= 0.6 is 0 Å². The lowest BCUT2D eigenvalue weighted by atomic mass is 9.90. The Balaban J connectivity index is 1.41. The molecule has 2 aromatic heterocycles. The van der Waals surface area contributed by atoms with Crippen LogP contribution in [-0.2, 0) is 4.79 Å². The summed E-state index contributed by atoms with van der Waals surface area (Å²) in [7, 11) is 0. The Morgan fingerprint density at radius 3 is 2.50 bits per heavy atom. The molecule has 6 heteroatoms. The first-order valence-corrected chi connectivity index (χ1v) is 9.78. The number of rotatable bonds is 4. The second kappa shape index (κ2) is 6.18. The van der Waals surface area contributed by atoms with Crippen molar-refractivity contribution >= 4 is 5.91 Å². The molecule has 26 heavy (non-hydrogen) atoms. The summed E-state index contributed by atoms with van der Waals surface area (Å²) in [4.78, 5) is 23.9. The normalized spacial score (nSPS) is 21.2. The Morgan fingerprint density at radius 2 is 1.88 bits per heavy atom. The van der Waals surface area contributed by atoms with Gasteiger partial charge in [-0.25, -0.2) is 9.97 Å². The number of carbonyl (C=O) groups is 1. The first kappa shape index (κ1) is 16.0. The minimum absolute atomic E-state index is 0.305. The van der Waals surface area contributed by atoms with Crippen molar-refractivity contribution in [1.29, 1.82) is 0 Å². The molecule has 5 rings (SSSR count). The highest BCUT2D eigenvalue weighted by molar-refractivity contribution is 5.81. The summed E-state index contributed by atoms with van der Waals surface area (Å²) >= 11 is 0. The van der Waals surface area contributed by atoms with Crippen molar-refractivity contribution in [2.24, 2.45) is 5.92 Å². The van der Waals surface area contributed by atoms with Crippen molar-refractivity contribution in [3.63, 3.8) is 0 Å². The van der Waals surface area contributed by atoms with E-state index in [1.54, 1.807) is 0 Å². The third kappa shape index (κ3) is 3.02. The Kier molecular flexibility index (Phi) is 3.80. The lowest BCUT2D eigenvalue weighted by Gasteiger charge is -2.32. The molecule has 2 aliphatic carbocycles. The average molecular weight is 352 g/mol. The van der Waals surface area contributed by atoms with E-state index in [0.29, 0.717) is 23.7 Å². The van der Waals surface area contributed by atoms with Gasteiger partial charge in [0.2, 0.25) is 5.91 Å². The molecule has 0 spiro atoms. The fourth-order valence-electron chi connectivity index (χ4n) is 3.90. The van der Waals surface area contributed by atoms with E-state index < -0.39 is 0 Å². The standard InChI is InChI=1S/C20H24N4O2/c1-12-10-17(26-23-12)16-11-21-19(14-2-3-14)22-18(16)13-6-8-24(9-7-13)20(25)15-4-5-15/h10-11,13-15H,2-9H2,1H3. The molecule has 1 saturated heterocycles. The van der Waals surface area contributed by atoms with Gasteiger partial charge in [0, 0.05) is 43.1 Å². The molecular weight excluding hydrogens is 328 g/mol. The number of nitrogens with zero attached hydrogens (tertiary/aromatic N) is 4. The number of likely N-dealkylation sites (tertiary alicyclic amines) is 1. The van der Waals surface area contributed by atoms with Crippen LogP contribution in [0.15, 0.2) is 16.8 Å². The van der Waals surface area contributed by atoms with E-state index in [1.807, 2.05) is 19.2 Å². The molecule has 3 aliphatic rings. The molecule has 0 N–H and O–H groups in total. The zero-order valence-electron chi connectivity index (χ0n) is 15.1. The van der Waals surface area contributed by atoms with Gasteiger partial charge in [-0.05, 0) is 45.4 Å². The van der Waals surface area contributed by atoms with Gasteiger partial charge in [0.05, 0.1) is 17.0 Å². The maximum atomic E-state index is 12.3. The zero-order valence-corrected chi connectivity index (χ0v) is 15.1. The second-order valence-electron chi connectivity index (χ2n) is 8.01. The van der Waals surface area contributed by atoms with Crippen molar-refractivity contribution in [3.8, 4) is 11.3 Å². The van der Waals surface area contributed by atoms with Crippen LogP contribution in [-0.4, -0.2) is 39.0 Å². The van der Waals surface area contributed by atoms with Gasteiger partial charge in [-0.1, -0.05) is 5.16 Å². The number of amides is 1. The molecule has 1 amide bonds. The van der Waals surface area contributed by atoms with Crippen molar-refractivity contribution in [1.82, 2.24) is 20.0 Å². The van der Waals surface area contributed by atoms with Gasteiger partial charge >= 0.3 is 0 Å². The average Bonchev–Trinajstić information content (AvgIpc) is 3.59. The molecule has 0 atom stereocenters. The van der Waals surface area contributed by atoms with Gasteiger partial charge in [-0.15, -0.1) is 0 Å². The van der Waals surface area contributed by atoms with E-state index in [1.165, 1.54) is 12.8 Å². The van der Waals surface area contributed by atoms with Crippen LogP contribution in [0.4, 0.5) is 0 Å². The van der Waals surface area contributed by atoms with E-state index in [2.05, 4.69) is 15.0 Å². The van der Waals surface area contributed by atoms with Crippen molar-refractivity contribution in [3.05, 3.63) is 29.5 Å². The zero-order chi connectivity index (χ0) is 17.7. The fourth-order valence-corrected chi connectivity index (χ4v) is 3.90. The monoisotopic (exact) mass is 352 g/mol. The summed E-state index contributed by atoms with van der Waals surface area (Å²) < 4.78 is 5.50. The maximum absolute atomic E-state index is 12.3. The molecule has 6 nitrogen and oxygen atoms in total. The summed E-state index contributed by atoms with van der Waals surface area (Å²) in [6.45, 7) is 3.59. The van der Waals surface area contributed by atoms with Gasteiger partial charge in [-0.2, -0.15) is 0 Å². The predicted octanol–water partition coefficient (Wildman–Crippen LogP) is 3.43. The minimum Gasteiger partial charge on any atom is -0.356 e. The van der Waals surface area contributed by atoms with Gasteiger partial charge in [0.1, 0.15) is 5.82 Å². The number of hydrogen-bond donors (Lipinski definition) is 0. The first-order chi connectivity index (χ1) is 12.7. The largest absolute Gasteiger partial charge is 0.356 e. The van der Waals surface area contributed by atoms with Gasteiger partial charge < -0.3 is 9.42 Å². The Bertz CT molecular complexity index is 830. The molecule has 1 aliphatic heterocycles. The first-order valence-electron chi connectivity index (χ1n) is 9.78. The van der Waals surface area contributed by atoms with E-state index in [0.717, 1.165) is 67.3 Å². The third-order valence-electron chi connectivity index (χ3n) is 5.79. The van der Waals surface area contributed by atoms with Crippen LogP contribution in [0.25, 0.3) is 11.3 Å². The molecule has 3 heterocycles. The summed E-state index contributed by atoms with van der Waals surface area (Å²) in [5.41, 5.74) is 2.90. The van der Waals surface area contributed by atoms with Crippen LogP contribution in [0.5, 0.6) is 0 Å². The van der Waals surface area contributed by atoms with Crippen LogP contribution < -0.4 is 0 Å². The minimum atomic E-state index is 0.305. The summed E-state index contributed by atoms with van der Waals surface area (Å²) in [6.07, 6.45) is 8.36. The molecule has 2 aromatic rings. The molecular formula is C20H24N4O2. The van der Waals surface area contributed by atoms with E-state index in [4.69, 9.17) is 9.51 Å². The number of hydrogen-bond acceptors (Lipinski definition) is 5. The second-order valence-corrected chi connectivity index (χ2v) is 8.01. The van der Waals surface area contributed by atoms with E-state index in [-0.39, 0.29) is 0 Å². The summed E-state index contributed by atoms with van der Waals surface area (Å²) in [6, 6.07) is 1.95. The van der Waals surface area contributed by atoms with Crippen LogP contribution in [0.2, 0.25) is 0 Å².